The van der Waals surface area contributed by atoms with Crippen LogP contribution in [0.2, 0.25) is 0 Å². The van der Waals surface area contributed by atoms with Crippen molar-refractivity contribution in [2.24, 2.45) is 11.7 Å². The molecule has 0 aromatic rings. The zero-order valence-corrected chi connectivity index (χ0v) is 6.11. The highest BCUT2D eigenvalue weighted by atomic mass is 19.3. The average molecular weight is 149 g/mol. The van der Waals surface area contributed by atoms with E-state index in [4.69, 9.17) is 5.73 Å². The fraction of sp³-hybridized carbons (Fsp3) is 1.00. The quantitative estimate of drug-likeness (QED) is 0.558. The molecule has 1 aliphatic carbocycles. The van der Waals surface area contributed by atoms with Crippen molar-refractivity contribution in [3.05, 3.63) is 0 Å². The molecule has 0 unspecified atom stereocenters. The molecule has 60 valence electrons. The first-order valence-corrected chi connectivity index (χ1v) is 3.67. The molecule has 0 aliphatic heterocycles. The SMILES string of the molecule is C[C@H]1[C@@H](N)CCCC1(F)F. The van der Waals surface area contributed by atoms with E-state index < -0.39 is 11.8 Å². The summed E-state index contributed by atoms with van der Waals surface area (Å²) in [5.74, 6) is -3.15. The molecule has 0 heterocycles. The molecule has 2 atom stereocenters. The van der Waals surface area contributed by atoms with Crippen LogP contribution in [0.25, 0.3) is 0 Å². The average Bonchev–Trinajstić information content (AvgIpc) is 1.83. The molecule has 1 aliphatic rings. The maximum absolute atomic E-state index is 12.8. The molecular weight excluding hydrogens is 136 g/mol. The van der Waals surface area contributed by atoms with E-state index in [0.29, 0.717) is 6.42 Å². The summed E-state index contributed by atoms with van der Waals surface area (Å²) in [5.41, 5.74) is 5.47. The Bertz CT molecular complexity index is 125. The van der Waals surface area contributed by atoms with Crippen molar-refractivity contribution in [1.82, 2.24) is 0 Å². The van der Waals surface area contributed by atoms with Gasteiger partial charge in [-0.05, 0) is 12.8 Å². The molecule has 0 aromatic heterocycles. The fourth-order valence-electron chi connectivity index (χ4n) is 1.36. The Labute approximate surface area is 59.6 Å². The minimum Gasteiger partial charge on any atom is -0.327 e. The van der Waals surface area contributed by atoms with E-state index in [1.54, 1.807) is 0 Å². The summed E-state index contributed by atoms with van der Waals surface area (Å²) in [6, 6.07) is -0.302. The normalized spacial score (nSPS) is 39.6. The minimum absolute atomic E-state index is 0.0157. The van der Waals surface area contributed by atoms with Gasteiger partial charge >= 0.3 is 0 Å². The first kappa shape index (κ1) is 7.92. The van der Waals surface area contributed by atoms with Crippen molar-refractivity contribution < 1.29 is 8.78 Å². The van der Waals surface area contributed by atoms with E-state index in [0.717, 1.165) is 6.42 Å². The van der Waals surface area contributed by atoms with E-state index >= 15 is 0 Å². The second-order valence-electron chi connectivity index (χ2n) is 3.11. The van der Waals surface area contributed by atoms with E-state index in [1.165, 1.54) is 6.92 Å². The lowest BCUT2D eigenvalue weighted by molar-refractivity contribution is -0.0856. The lowest BCUT2D eigenvalue weighted by atomic mass is 9.83. The van der Waals surface area contributed by atoms with Gasteiger partial charge in [0.25, 0.3) is 5.92 Å². The Morgan fingerprint density at radius 1 is 1.50 bits per heavy atom. The number of nitrogens with two attached hydrogens (primary N) is 1. The Morgan fingerprint density at radius 2 is 2.10 bits per heavy atom. The zero-order valence-electron chi connectivity index (χ0n) is 6.11. The molecule has 10 heavy (non-hydrogen) atoms. The topological polar surface area (TPSA) is 26.0 Å². The summed E-state index contributed by atoms with van der Waals surface area (Å²) >= 11 is 0. The highest BCUT2D eigenvalue weighted by molar-refractivity contribution is 4.86. The maximum atomic E-state index is 12.8. The van der Waals surface area contributed by atoms with Gasteiger partial charge in [0.15, 0.2) is 0 Å². The third kappa shape index (κ3) is 1.29. The summed E-state index contributed by atoms with van der Waals surface area (Å²) in [5, 5.41) is 0. The molecule has 0 amide bonds. The molecular formula is C7H13F2N. The lowest BCUT2D eigenvalue weighted by Crippen LogP contribution is -2.44. The number of hydrogen-bond acceptors (Lipinski definition) is 1. The molecule has 1 nitrogen and oxygen atoms in total. The maximum Gasteiger partial charge on any atom is 0.252 e. The monoisotopic (exact) mass is 149 g/mol. The van der Waals surface area contributed by atoms with Crippen LogP contribution in [0.15, 0.2) is 0 Å². The van der Waals surface area contributed by atoms with Crippen LogP contribution in [-0.4, -0.2) is 12.0 Å². The molecule has 0 bridgehead atoms. The summed E-state index contributed by atoms with van der Waals surface area (Å²) < 4.78 is 25.5. The predicted octanol–water partition coefficient (Wildman–Crippen LogP) is 1.77. The second kappa shape index (κ2) is 2.46. The molecule has 1 fully saturated rings. The number of alkyl halides is 2. The van der Waals surface area contributed by atoms with E-state index in [9.17, 15) is 8.78 Å². The second-order valence-corrected chi connectivity index (χ2v) is 3.11. The molecule has 0 saturated heterocycles. The van der Waals surface area contributed by atoms with Crippen LogP contribution in [0.3, 0.4) is 0 Å². The van der Waals surface area contributed by atoms with Gasteiger partial charge in [0.1, 0.15) is 0 Å². The van der Waals surface area contributed by atoms with Gasteiger partial charge in [0, 0.05) is 18.4 Å². The number of rotatable bonds is 0. The van der Waals surface area contributed by atoms with Crippen LogP contribution < -0.4 is 5.73 Å². The Kier molecular flexibility index (Phi) is 1.95. The van der Waals surface area contributed by atoms with E-state index in [2.05, 4.69) is 0 Å². The Hall–Kier alpha value is -0.180. The van der Waals surface area contributed by atoms with Gasteiger partial charge in [0.05, 0.1) is 0 Å². The van der Waals surface area contributed by atoms with Gasteiger partial charge in [-0.25, -0.2) is 8.78 Å². The third-order valence-electron chi connectivity index (χ3n) is 2.36. The standard InChI is InChI=1S/C7H13F2N/c1-5-6(10)3-2-4-7(5,8)9/h5-6H,2-4,10H2,1H3/t5-,6-/m0/s1. The van der Waals surface area contributed by atoms with Gasteiger partial charge in [-0.2, -0.15) is 0 Å². The number of halogens is 2. The van der Waals surface area contributed by atoms with Crippen LogP contribution in [0.1, 0.15) is 26.2 Å². The Balaban J connectivity index is 2.60. The molecule has 0 spiro atoms. The first-order chi connectivity index (χ1) is 4.54. The van der Waals surface area contributed by atoms with Crippen LogP contribution in [0.5, 0.6) is 0 Å². The summed E-state index contributed by atoms with van der Waals surface area (Å²) in [4.78, 5) is 0. The molecule has 0 radical (unpaired) electrons. The van der Waals surface area contributed by atoms with Crippen molar-refractivity contribution in [3.8, 4) is 0 Å². The smallest absolute Gasteiger partial charge is 0.252 e. The van der Waals surface area contributed by atoms with E-state index in [-0.39, 0.29) is 12.5 Å². The van der Waals surface area contributed by atoms with Gasteiger partial charge in [-0.1, -0.05) is 6.92 Å². The van der Waals surface area contributed by atoms with Gasteiger partial charge < -0.3 is 5.73 Å². The van der Waals surface area contributed by atoms with Crippen LogP contribution >= 0.6 is 0 Å². The van der Waals surface area contributed by atoms with Crippen LogP contribution in [-0.2, 0) is 0 Å². The number of hydrogen-bond donors (Lipinski definition) is 1. The van der Waals surface area contributed by atoms with Crippen LogP contribution in [0.4, 0.5) is 8.78 Å². The largest absolute Gasteiger partial charge is 0.327 e. The van der Waals surface area contributed by atoms with Crippen molar-refractivity contribution >= 4 is 0 Å². The van der Waals surface area contributed by atoms with E-state index in [1.807, 2.05) is 0 Å². The lowest BCUT2D eigenvalue weighted by Gasteiger charge is -2.33. The van der Waals surface area contributed by atoms with Gasteiger partial charge in [0.2, 0.25) is 0 Å². The summed E-state index contributed by atoms with van der Waals surface area (Å²) in [6.45, 7) is 1.53. The molecule has 0 aromatic carbocycles. The molecule has 1 rings (SSSR count). The van der Waals surface area contributed by atoms with Crippen molar-refractivity contribution in [2.75, 3.05) is 0 Å². The summed E-state index contributed by atoms with van der Waals surface area (Å²) in [6.07, 6.45) is 1.33. The van der Waals surface area contributed by atoms with Crippen LogP contribution in [0, 0.1) is 5.92 Å². The summed E-state index contributed by atoms with van der Waals surface area (Å²) in [7, 11) is 0. The minimum atomic E-state index is -2.52. The third-order valence-corrected chi connectivity index (χ3v) is 2.36. The predicted molar refractivity (Wildman–Crippen MR) is 35.9 cm³/mol. The van der Waals surface area contributed by atoms with Gasteiger partial charge in [-0.15, -0.1) is 0 Å². The molecule has 3 heteroatoms. The van der Waals surface area contributed by atoms with Crippen molar-refractivity contribution in [2.45, 2.75) is 38.2 Å². The molecule has 2 N–H and O–H groups in total. The highest BCUT2D eigenvalue weighted by Gasteiger charge is 2.42. The Morgan fingerprint density at radius 3 is 2.50 bits per heavy atom. The van der Waals surface area contributed by atoms with Crippen molar-refractivity contribution in [1.29, 1.82) is 0 Å². The zero-order chi connectivity index (χ0) is 7.78. The first-order valence-electron chi connectivity index (χ1n) is 3.67. The highest BCUT2D eigenvalue weighted by Crippen LogP contribution is 2.37. The molecule has 1 saturated carbocycles. The van der Waals surface area contributed by atoms with Crippen molar-refractivity contribution in [3.63, 3.8) is 0 Å². The fourth-order valence-corrected chi connectivity index (χ4v) is 1.36. The van der Waals surface area contributed by atoms with Gasteiger partial charge in [-0.3, -0.25) is 0 Å².